The second kappa shape index (κ2) is 2.37. The number of carbonyl (C=O) groups excluding carboxylic acids is 1. The number of aromatic nitrogens is 2. The lowest BCUT2D eigenvalue weighted by atomic mass is 10.7. The van der Waals surface area contributed by atoms with Crippen molar-refractivity contribution in [2.24, 2.45) is 5.73 Å². The Balaban J connectivity index is 3.16. The zero-order valence-corrected chi connectivity index (χ0v) is 5.30. The Morgan fingerprint density at radius 2 is 2.45 bits per heavy atom. The molecule has 7 nitrogen and oxygen atoms in total. The van der Waals surface area contributed by atoms with Crippen LogP contribution in [0.15, 0.2) is 12.5 Å². The number of carbonyl (C=O) groups is 1. The van der Waals surface area contributed by atoms with Crippen molar-refractivity contribution in [3.05, 3.63) is 22.6 Å². The van der Waals surface area contributed by atoms with Crippen LogP contribution in [0.3, 0.4) is 0 Å². The monoisotopic (exact) mass is 156 g/mol. The average molecular weight is 156 g/mol. The molecule has 1 rings (SSSR count). The standard InChI is InChI=1S/C4H4N4O3/c5-4(9)7-2-6-1-3(7)8(10)11/h1-2H,(H2,5,9). The number of nitro groups is 1. The van der Waals surface area contributed by atoms with Crippen molar-refractivity contribution < 1.29 is 9.72 Å². The summed E-state index contributed by atoms with van der Waals surface area (Å²) in [6, 6.07) is -0.922. The van der Waals surface area contributed by atoms with E-state index in [4.69, 9.17) is 5.73 Å². The largest absolute Gasteiger partial charge is 0.412 e. The van der Waals surface area contributed by atoms with E-state index < -0.39 is 16.8 Å². The highest BCUT2D eigenvalue weighted by Gasteiger charge is 2.16. The van der Waals surface area contributed by atoms with Crippen LogP contribution in [0.2, 0.25) is 0 Å². The number of primary amides is 1. The maximum atomic E-state index is 10.4. The van der Waals surface area contributed by atoms with Crippen molar-refractivity contribution in [1.82, 2.24) is 9.55 Å². The quantitative estimate of drug-likeness (QED) is 0.445. The molecule has 0 unspecified atom stereocenters. The van der Waals surface area contributed by atoms with E-state index in [1.54, 1.807) is 0 Å². The van der Waals surface area contributed by atoms with Crippen LogP contribution >= 0.6 is 0 Å². The predicted octanol–water partition coefficient (Wildman–Crippen LogP) is -0.282. The molecule has 0 radical (unpaired) electrons. The SMILES string of the molecule is NC(=O)n1cncc1[N+](=O)[O-]. The lowest BCUT2D eigenvalue weighted by Crippen LogP contribution is -2.19. The molecule has 1 aromatic rings. The molecule has 1 aromatic heterocycles. The van der Waals surface area contributed by atoms with E-state index in [0.717, 1.165) is 12.5 Å². The first-order chi connectivity index (χ1) is 5.13. The summed E-state index contributed by atoms with van der Waals surface area (Å²) in [7, 11) is 0. The van der Waals surface area contributed by atoms with Gasteiger partial charge < -0.3 is 15.8 Å². The van der Waals surface area contributed by atoms with Crippen LogP contribution in [0, 0.1) is 10.1 Å². The molecule has 2 N–H and O–H groups in total. The molecule has 0 fully saturated rings. The maximum absolute atomic E-state index is 10.4. The van der Waals surface area contributed by atoms with E-state index in [1.165, 1.54) is 0 Å². The molecule has 0 atom stereocenters. The topological polar surface area (TPSA) is 104 Å². The molecule has 0 aliphatic rings. The summed E-state index contributed by atoms with van der Waals surface area (Å²) in [6.45, 7) is 0. The highest BCUT2D eigenvalue weighted by atomic mass is 16.6. The van der Waals surface area contributed by atoms with Gasteiger partial charge in [0.2, 0.25) is 0 Å². The van der Waals surface area contributed by atoms with Gasteiger partial charge in [0, 0.05) is 0 Å². The number of imidazole rings is 1. The van der Waals surface area contributed by atoms with Crippen molar-refractivity contribution in [3.8, 4) is 0 Å². The molecule has 0 spiro atoms. The van der Waals surface area contributed by atoms with Gasteiger partial charge in [-0.2, -0.15) is 0 Å². The second-order valence-corrected chi connectivity index (χ2v) is 1.72. The maximum Gasteiger partial charge on any atom is 0.412 e. The third-order valence-corrected chi connectivity index (χ3v) is 1.04. The van der Waals surface area contributed by atoms with Crippen LogP contribution in [-0.2, 0) is 0 Å². The number of nitrogens with zero attached hydrogens (tertiary/aromatic N) is 3. The Hall–Kier alpha value is -1.92. The lowest BCUT2D eigenvalue weighted by molar-refractivity contribution is -0.390. The summed E-state index contributed by atoms with van der Waals surface area (Å²) in [5.74, 6) is -0.433. The van der Waals surface area contributed by atoms with Gasteiger partial charge in [0.05, 0.1) is 0 Å². The summed E-state index contributed by atoms with van der Waals surface area (Å²) >= 11 is 0. The normalized spacial score (nSPS) is 9.45. The fourth-order valence-corrected chi connectivity index (χ4v) is 0.593. The fourth-order valence-electron chi connectivity index (χ4n) is 0.593. The summed E-state index contributed by atoms with van der Waals surface area (Å²) < 4.78 is 0.653. The minimum Gasteiger partial charge on any atom is -0.358 e. The van der Waals surface area contributed by atoms with E-state index in [1.807, 2.05) is 0 Å². The van der Waals surface area contributed by atoms with E-state index in [2.05, 4.69) is 4.98 Å². The molecule has 1 amide bonds. The predicted molar refractivity (Wildman–Crippen MR) is 33.9 cm³/mol. The smallest absolute Gasteiger partial charge is 0.358 e. The van der Waals surface area contributed by atoms with Crippen LogP contribution in [0.1, 0.15) is 0 Å². The first-order valence-corrected chi connectivity index (χ1v) is 2.59. The van der Waals surface area contributed by atoms with Crippen molar-refractivity contribution >= 4 is 11.8 Å². The van der Waals surface area contributed by atoms with Crippen molar-refractivity contribution in [2.75, 3.05) is 0 Å². The number of rotatable bonds is 1. The average Bonchev–Trinajstić information content (AvgIpc) is 2.32. The lowest BCUT2D eigenvalue weighted by Gasteiger charge is -1.92. The molecular weight excluding hydrogens is 152 g/mol. The van der Waals surface area contributed by atoms with Crippen LogP contribution in [0.5, 0.6) is 0 Å². The molecule has 1 heterocycles. The van der Waals surface area contributed by atoms with Gasteiger partial charge in [0.15, 0.2) is 6.33 Å². The molecule has 0 bridgehead atoms. The van der Waals surface area contributed by atoms with Crippen LogP contribution in [0.25, 0.3) is 0 Å². The van der Waals surface area contributed by atoms with E-state index in [-0.39, 0.29) is 0 Å². The fraction of sp³-hybridized carbons (Fsp3) is 0. The Morgan fingerprint density at radius 3 is 2.82 bits per heavy atom. The Kier molecular flexibility index (Phi) is 1.55. The molecule has 0 aliphatic heterocycles. The molecule has 0 saturated heterocycles. The minimum atomic E-state index is -0.922. The highest BCUT2D eigenvalue weighted by molar-refractivity contribution is 5.76. The van der Waals surface area contributed by atoms with Crippen LogP contribution < -0.4 is 5.73 Å². The van der Waals surface area contributed by atoms with Crippen LogP contribution in [-0.4, -0.2) is 20.5 Å². The van der Waals surface area contributed by atoms with Gasteiger partial charge >= 0.3 is 11.8 Å². The summed E-state index contributed by atoms with van der Waals surface area (Å²) in [4.78, 5) is 23.2. The Morgan fingerprint density at radius 1 is 1.82 bits per heavy atom. The third-order valence-electron chi connectivity index (χ3n) is 1.04. The number of amides is 1. The molecule has 11 heavy (non-hydrogen) atoms. The molecule has 58 valence electrons. The van der Waals surface area contributed by atoms with Crippen molar-refractivity contribution in [1.29, 1.82) is 0 Å². The van der Waals surface area contributed by atoms with Gasteiger partial charge in [-0.1, -0.05) is 0 Å². The Bertz CT molecular complexity index is 276. The first-order valence-electron chi connectivity index (χ1n) is 2.59. The summed E-state index contributed by atoms with van der Waals surface area (Å²) in [5, 5.41) is 10.1. The Labute approximate surface area is 60.6 Å². The summed E-state index contributed by atoms with van der Waals surface area (Å²) in [6.07, 6.45) is 1.94. The summed E-state index contributed by atoms with van der Waals surface area (Å²) in [5.41, 5.74) is 4.78. The van der Waals surface area contributed by atoms with Crippen LogP contribution in [0.4, 0.5) is 10.6 Å². The molecule has 0 saturated carbocycles. The first kappa shape index (κ1) is 7.19. The van der Waals surface area contributed by atoms with Gasteiger partial charge in [-0.3, -0.25) is 0 Å². The third kappa shape index (κ3) is 1.16. The van der Waals surface area contributed by atoms with Gasteiger partial charge in [0.25, 0.3) is 0 Å². The van der Waals surface area contributed by atoms with Crippen molar-refractivity contribution in [2.45, 2.75) is 0 Å². The zero-order chi connectivity index (χ0) is 8.43. The zero-order valence-electron chi connectivity index (χ0n) is 5.30. The molecule has 0 aromatic carbocycles. The highest BCUT2D eigenvalue weighted by Crippen LogP contribution is 2.07. The molecule has 7 heteroatoms. The number of nitrogens with two attached hydrogens (primary N) is 1. The van der Waals surface area contributed by atoms with E-state index in [0.29, 0.717) is 4.57 Å². The number of hydrogen-bond donors (Lipinski definition) is 1. The second-order valence-electron chi connectivity index (χ2n) is 1.72. The van der Waals surface area contributed by atoms with E-state index >= 15 is 0 Å². The molecule has 0 aliphatic carbocycles. The molecular formula is C4H4N4O3. The minimum absolute atomic E-state index is 0.433. The van der Waals surface area contributed by atoms with Gasteiger partial charge in [-0.25, -0.2) is 9.78 Å². The van der Waals surface area contributed by atoms with E-state index in [9.17, 15) is 14.9 Å². The number of hydrogen-bond acceptors (Lipinski definition) is 4. The van der Waals surface area contributed by atoms with Gasteiger partial charge in [0.1, 0.15) is 6.20 Å². The van der Waals surface area contributed by atoms with Gasteiger partial charge in [-0.05, 0) is 4.92 Å². The van der Waals surface area contributed by atoms with Gasteiger partial charge in [-0.15, -0.1) is 4.57 Å². The van der Waals surface area contributed by atoms with Crippen molar-refractivity contribution in [3.63, 3.8) is 0 Å².